The molecule has 0 saturated carbocycles. The van der Waals surface area contributed by atoms with Crippen molar-refractivity contribution in [2.75, 3.05) is 12.0 Å². The second-order valence-corrected chi connectivity index (χ2v) is 7.08. The summed E-state index contributed by atoms with van der Waals surface area (Å²) in [6, 6.07) is 4.53. The molecule has 0 amide bonds. The van der Waals surface area contributed by atoms with Gasteiger partial charge in [-0.2, -0.15) is 4.31 Å². The number of nitrogens with one attached hydrogen (secondary N) is 1. The highest BCUT2D eigenvalue weighted by atomic mass is 32.2. The fourth-order valence-corrected chi connectivity index (χ4v) is 4.05. The number of hydrogen-bond donors (Lipinski definition) is 2. The molecule has 0 spiro atoms. The molecule has 1 atom stereocenters. The second-order valence-electron chi connectivity index (χ2n) is 5.19. The van der Waals surface area contributed by atoms with E-state index < -0.39 is 28.0 Å². The van der Waals surface area contributed by atoms with Crippen LogP contribution in [-0.2, 0) is 24.4 Å². The van der Waals surface area contributed by atoms with Crippen molar-refractivity contribution in [1.82, 2.24) is 4.31 Å². The molecule has 9 heteroatoms. The van der Waals surface area contributed by atoms with Gasteiger partial charge in [0.15, 0.2) is 0 Å². The number of aliphatic carboxylic acids is 1. The minimum absolute atomic E-state index is 0.000903. The van der Waals surface area contributed by atoms with Gasteiger partial charge in [0.2, 0.25) is 10.0 Å². The van der Waals surface area contributed by atoms with Gasteiger partial charge in [-0.05, 0) is 43.5 Å². The Bertz CT molecular complexity index is 686. The van der Waals surface area contributed by atoms with Crippen molar-refractivity contribution < 1.29 is 28.0 Å². The van der Waals surface area contributed by atoms with E-state index in [9.17, 15) is 23.1 Å². The van der Waals surface area contributed by atoms with E-state index in [2.05, 4.69) is 10.3 Å². The van der Waals surface area contributed by atoms with Crippen LogP contribution in [0.5, 0.6) is 0 Å². The van der Waals surface area contributed by atoms with Gasteiger partial charge in [0.25, 0.3) is 0 Å². The quantitative estimate of drug-likeness (QED) is 0.773. The summed E-state index contributed by atoms with van der Waals surface area (Å²) in [6.45, 7) is 1.42. The lowest BCUT2D eigenvalue weighted by atomic mass is 10.1. The van der Waals surface area contributed by atoms with Crippen LogP contribution < -0.4 is 5.48 Å². The average Bonchev–Trinajstić information content (AvgIpc) is 2.53. The summed E-state index contributed by atoms with van der Waals surface area (Å²) in [7, 11) is -3.89. The van der Waals surface area contributed by atoms with Crippen LogP contribution in [0.3, 0.4) is 0 Å². The largest absolute Gasteiger partial charge is 0.480 e. The van der Waals surface area contributed by atoms with Gasteiger partial charge in [0, 0.05) is 13.5 Å². The van der Waals surface area contributed by atoms with Gasteiger partial charge in [-0.25, -0.2) is 13.9 Å². The molecule has 2 N–H and O–H groups in total. The number of carbonyl (C=O) groups is 2. The van der Waals surface area contributed by atoms with Gasteiger partial charge >= 0.3 is 11.9 Å². The van der Waals surface area contributed by atoms with Gasteiger partial charge in [-0.1, -0.05) is 0 Å². The van der Waals surface area contributed by atoms with Crippen LogP contribution in [0.2, 0.25) is 0 Å². The summed E-state index contributed by atoms with van der Waals surface area (Å²) in [5.74, 6) is -1.67. The number of carbonyl (C=O) groups excluding carboxylic acids is 1. The summed E-state index contributed by atoms with van der Waals surface area (Å²) in [6.07, 6.45) is 1.63. The minimum Gasteiger partial charge on any atom is -0.480 e. The Morgan fingerprint density at radius 1 is 1.26 bits per heavy atom. The molecular weight excluding hydrogens is 324 g/mol. The molecule has 8 nitrogen and oxygen atoms in total. The molecular formula is C14H18N2O6S. The summed E-state index contributed by atoms with van der Waals surface area (Å²) < 4.78 is 26.3. The van der Waals surface area contributed by atoms with E-state index in [4.69, 9.17) is 0 Å². The summed E-state index contributed by atoms with van der Waals surface area (Å²) >= 11 is 0. The number of carboxylic acids is 1. The Morgan fingerprint density at radius 3 is 2.48 bits per heavy atom. The first-order chi connectivity index (χ1) is 10.8. The first kappa shape index (κ1) is 17.2. The number of carboxylic acid groups (broad SMARTS) is 1. The number of benzene rings is 1. The van der Waals surface area contributed by atoms with Gasteiger partial charge in [-0.15, -0.1) is 0 Å². The Balaban J connectivity index is 2.21. The Labute approximate surface area is 134 Å². The zero-order valence-electron chi connectivity index (χ0n) is 12.6. The molecule has 1 saturated heterocycles. The van der Waals surface area contributed by atoms with E-state index in [-0.39, 0.29) is 11.4 Å². The van der Waals surface area contributed by atoms with E-state index in [1.54, 1.807) is 0 Å². The van der Waals surface area contributed by atoms with Gasteiger partial charge in [0.1, 0.15) is 6.04 Å². The predicted octanol–water partition coefficient (Wildman–Crippen LogP) is 1.20. The lowest BCUT2D eigenvalue weighted by Gasteiger charge is -2.31. The molecule has 2 rings (SSSR count). The maximum absolute atomic E-state index is 12.6. The fourth-order valence-electron chi connectivity index (χ4n) is 2.40. The zero-order chi connectivity index (χ0) is 17.0. The molecule has 1 aromatic rings. The van der Waals surface area contributed by atoms with Crippen molar-refractivity contribution >= 4 is 27.6 Å². The number of hydrogen-bond acceptors (Lipinski definition) is 6. The highest BCUT2D eigenvalue weighted by Gasteiger charge is 2.37. The normalized spacial score (nSPS) is 19.1. The molecule has 0 bridgehead atoms. The van der Waals surface area contributed by atoms with Crippen LogP contribution >= 0.6 is 0 Å². The summed E-state index contributed by atoms with van der Waals surface area (Å²) in [5, 5.41) is 9.22. The fraction of sp³-hybridized carbons (Fsp3) is 0.429. The monoisotopic (exact) mass is 342 g/mol. The van der Waals surface area contributed by atoms with Crippen LogP contribution in [0, 0.1) is 0 Å². The van der Waals surface area contributed by atoms with Crippen molar-refractivity contribution in [2.24, 2.45) is 0 Å². The number of rotatable bonds is 5. The van der Waals surface area contributed by atoms with Gasteiger partial charge in [0.05, 0.1) is 10.6 Å². The molecule has 0 aromatic heterocycles. The van der Waals surface area contributed by atoms with Crippen molar-refractivity contribution in [2.45, 2.75) is 37.1 Å². The number of nitrogens with zero attached hydrogens (tertiary/aromatic N) is 1. The smallest absolute Gasteiger partial charge is 0.329 e. The van der Waals surface area contributed by atoms with Crippen LogP contribution in [-0.4, -0.2) is 42.4 Å². The number of anilines is 1. The Hall–Kier alpha value is -2.13. The third-order valence-electron chi connectivity index (χ3n) is 3.51. The van der Waals surface area contributed by atoms with Gasteiger partial charge < -0.3 is 9.94 Å². The standard InChI is InChI=1S/C14H18N2O6S/c1-10(17)22-15-11-5-7-12(8-6-11)23(20,21)16-9-3-2-4-13(16)14(18)19/h5-8,13,15H,2-4,9H2,1H3,(H,18,19)/t13-/m0/s1. The number of piperidine rings is 1. The average molecular weight is 342 g/mol. The van der Waals surface area contributed by atoms with Crippen molar-refractivity contribution in [3.05, 3.63) is 24.3 Å². The van der Waals surface area contributed by atoms with Crippen LogP contribution in [0.15, 0.2) is 29.2 Å². The highest BCUT2D eigenvalue weighted by Crippen LogP contribution is 2.26. The highest BCUT2D eigenvalue weighted by molar-refractivity contribution is 7.89. The maximum atomic E-state index is 12.6. The Kier molecular flexibility index (Phi) is 5.22. The third kappa shape index (κ3) is 3.99. The molecule has 23 heavy (non-hydrogen) atoms. The van der Waals surface area contributed by atoms with E-state index >= 15 is 0 Å². The van der Waals surface area contributed by atoms with Crippen molar-refractivity contribution in [3.63, 3.8) is 0 Å². The van der Waals surface area contributed by atoms with E-state index in [0.29, 0.717) is 24.9 Å². The second kappa shape index (κ2) is 6.97. The molecule has 1 aliphatic heterocycles. The first-order valence-electron chi connectivity index (χ1n) is 7.10. The third-order valence-corrected chi connectivity index (χ3v) is 5.43. The molecule has 0 aliphatic carbocycles. The molecule has 1 aliphatic rings. The maximum Gasteiger partial charge on any atom is 0.329 e. The topological polar surface area (TPSA) is 113 Å². The lowest BCUT2D eigenvalue weighted by molar-refractivity contribution is -0.142. The first-order valence-corrected chi connectivity index (χ1v) is 8.54. The summed E-state index contributed by atoms with van der Waals surface area (Å²) in [5.41, 5.74) is 2.79. The molecule has 1 heterocycles. The predicted molar refractivity (Wildman–Crippen MR) is 81.0 cm³/mol. The van der Waals surface area contributed by atoms with E-state index in [1.807, 2.05) is 0 Å². The molecule has 126 valence electrons. The zero-order valence-corrected chi connectivity index (χ0v) is 13.4. The van der Waals surface area contributed by atoms with Gasteiger partial charge in [-0.3, -0.25) is 9.59 Å². The minimum atomic E-state index is -3.89. The van der Waals surface area contributed by atoms with E-state index in [0.717, 1.165) is 4.31 Å². The van der Waals surface area contributed by atoms with Crippen molar-refractivity contribution in [1.29, 1.82) is 0 Å². The SMILES string of the molecule is CC(=O)ONc1ccc(S(=O)(=O)N2CCCC[C@H]2C(=O)O)cc1. The lowest BCUT2D eigenvalue weighted by Crippen LogP contribution is -2.47. The van der Waals surface area contributed by atoms with Crippen LogP contribution in [0.25, 0.3) is 0 Å². The van der Waals surface area contributed by atoms with Crippen molar-refractivity contribution in [3.8, 4) is 0 Å². The Morgan fingerprint density at radius 2 is 1.91 bits per heavy atom. The van der Waals surface area contributed by atoms with Crippen LogP contribution in [0.4, 0.5) is 5.69 Å². The number of sulfonamides is 1. The van der Waals surface area contributed by atoms with Crippen LogP contribution in [0.1, 0.15) is 26.2 Å². The molecule has 0 unspecified atom stereocenters. The van der Waals surface area contributed by atoms with E-state index in [1.165, 1.54) is 31.2 Å². The molecule has 1 aromatic carbocycles. The molecule has 0 radical (unpaired) electrons. The molecule has 1 fully saturated rings. The summed E-state index contributed by atoms with van der Waals surface area (Å²) in [4.78, 5) is 26.6.